The number of aromatic nitrogens is 5. The Labute approximate surface area is 144 Å². The molecular weight excluding hydrogens is 347 g/mol. The summed E-state index contributed by atoms with van der Waals surface area (Å²) in [6.07, 6.45) is 0. The van der Waals surface area contributed by atoms with Gasteiger partial charge in [-0.05, 0) is 31.2 Å². The van der Waals surface area contributed by atoms with Crippen LogP contribution >= 0.6 is 0 Å². The van der Waals surface area contributed by atoms with Crippen LogP contribution in [0.5, 0.6) is 0 Å². The van der Waals surface area contributed by atoms with Crippen molar-refractivity contribution in [3.63, 3.8) is 0 Å². The number of rotatable bonds is 3. The Balaban J connectivity index is 1.76. The topological polar surface area (TPSA) is 69.6 Å². The molecule has 0 aliphatic heterocycles. The fourth-order valence-corrected chi connectivity index (χ4v) is 2.48. The lowest BCUT2D eigenvalue weighted by atomic mass is 10.2. The van der Waals surface area contributed by atoms with Crippen molar-refractivity contribution in [2.24, 2.45) is 0 Å². The van der Waals surface area contributed by atoms with Gasteiger partial charge >= 0.3 is 0 Å². The van der Waals surface area contributed by atoms with E-state index in [0.29, 0.717) is 5.69 Å². The molecule has 6 nitrogen and oxygen atoms in total. The second kappa shape index (κ2) is 6.10. The molecule has 0 aliphatic carbocycles. The highest BCUT2D eigenvalue weighted by Gasteiger charge is 2.21. The molecular formula is C17H10F3N5O. The first-order valence-corrected chi connectivity index (χ1v) is 7.51. The Kier molecular flexibility index (Phi) is 3.76. The van der Waals surface area contributed by atoms with E-state index in [1.54, 1.807) is 19.1 Å². The van der Waals surface area contributed by atoms with Gasteiger partial charge in [0.15, 0.2) is 5.69 Å². The minimum atomic E-state index is -0.663. The molecule has 0 atom stereocenters. The predicted molar refractivity (Wildman–Crippen MR) is 84.7 cm³/mol. The summed E-state index contributed by atoms with van der Waals surface area (Å²) in [6, 6.07) is 8.97. The normalized spacial score (nSPS) is 11.1. The average Bonchev–Trinajstić information content (AvgIpc) is 3.24. The van der Waals surface area contributed by atoms with E-state index in [9.17, 15) is 13.2 Å². The maximum atomic E-state index is 14.0. The molecule has 2 heterocycles. The highest BCUT2D eigenvalue weighted by atomic mass is 19.1. The van der Waals surface area contributed by atoms with Crippen LogP contribution in [-0.4, -0.2) is 25.1 Å². The Hall–Kier alpha value is -3.49. The first kappa shape index (κ1) is 16.0. The molecule has 4 rings (SSSR count). The number of benzene rings is 2. The van der Waals surface area contributed by atoms with Gasteiger partial charge in [0.1, 0.15) is 23.1 Å². The Morgan fingerprint density at radius 2 is 1.81 bits per heavy atom. The highest BCUT2D eigenvalue weighted by Crippen LogP contribution is 2.26. The van der Waals surface area contributed by atoms with Crippen molar-refractivity contribution in [2.75, 3.05) is 0 Å². The summed E-state index contributed by atoms with van der Waals surface area (Å²) in [7, 11) is 0. The second-order valence-corrected chi connectivity index (χ2v) is 5.43. The van der Waals surface area contributed by atoms with Gasteiger partial charge in [0.2, 0.25) is 5.82 Å². The maximum absolute atomic E-state index is 14.0. The van der Waals surface area contributed by atoms with Crippen LogP contribution < -0.4 is 0 Å². The summed E-state index contributed by atoms with van der Waals surface area (Å²) in [4.78, 5) is 4.12. The zero-order valence-electron chi connectivity index (χ0n) is 13.3. The number of hydrogen-bond acceptors (Lipinski definition) is 5. The fraction of sp³-hybridized carbons (Fsp3) is 0.0588. The van der Waals surface area contributed by atoms with Crippen molar-refractivity contribution in [3.8, 4) is 28.7 Å². The largest absolute Gasteiger partial charge is 0.332 e. The maximum Gasteiger partial charge on any atom is 0.280 e. The van der Waals surface area contributed by atoms with Gasteiger partial charge in [-0.25, -0.2) is 17.9 Å². The summed E-state index contributed by atoms with van der Waals surface area (Å²) in [5, 5.41) is 11.5. The van der Waals surface area contributed by atoms with Crippen molar-refractivity contribution < 1.29 is 17.7 Å². The Bertz CT molecular complexity index is 1110. The molecule has 0 unspecified atom stereocenters. The minimum Gasteiger partial charge on any atom is -0.332 e. The summed E-state index contributed by atoms with van der Waals surface area (Å²) >= 11 is 0. The molecule has 0 bridgehead atoms. The van der Waals surface area contributed by atoms with Gasteiger partial charge in [-0.15, -0.1) is 5.10 Å². The van der Waals surface area contributed by atoms with Crippen LogP contribution in [-0.2, 0) is 0 Å². The molecule has 0 fully saturated rings. The molecule has 4 aromatic rings. The third-order valence-corrected chi connectivity index (χ3v) is 3.77. The zero-order chi connectivity index (χ0) is 18.3. The smallest absolute Gasteiger partial charge is 0.280 e. The van der Waals surface area contributed by atoms with Gasteiger partial charge in [-0.3, -0.25) is 0 Å². The van der Waals surface area contributed by atoms with Crippen molar-refractivity contribution in [1.82, 2.24) is 25.1 Å². The van der Waals surface area contributed by atoms with E-state index in [1.807, 2.05) is 0 Å². The molecule has 0 amide bonds. The van der Waals surface area contributed by atoms with Crippen molar-refractivity contribution in [1.29, 1.82) is 0 Å². The zero-order valence-corrected chi connectivity index (χ0v) is 13.3. The number of nitrogens with zero attached hydrogens (tertiary/aromatic N) is 5. The van der Waals surface area contributed by atoms with Crippen molar-refractivity contribution >= 4 is 0 Å². The van der Waals surface area contributed by atoms with Gasteiger partial charge in [0.05, 0.1) is 11.3 Å². The second-order valence-electron chi connectivity index (χ2n) is 5.43. The van der Waals surface area contributed by atoms with Crippen molar-refractivity contribution in [3.05, 3.63) is 65.6 Å². The molecule has 130 valence electrons. The van der Waals surface area contributed by atoms with Crippen LogP contribution in [0.2, 0.25) is 0 Å². The molecule has 2 aromatic heterocycles. The lowest BCUT2D eigenvalue weighted by Gasteiger charge is -2.04. The van der Waals surface area contributed by atoms with Gasteiger partial charge in [-0.2, -0.15) is 4.98 Å². The lowest BCUT2D eigenvalue weighted by Crippen LogP contribution is -2.03. The molecule has 2 aromatic carbocycles. The Morgan fingerprint density at radius 1 is 1.00 bits per heavy atom. The van der Waals surface area contributed by atoms with Gasteiger partial charge in [0, 0.05) is 6.07 Å². The van der Waals surface area contributed by atoms with E-state index in [1.165, 1.54) is 12.1 Å². The van der Waals surface area contributed by atoms with E-state index in [2.05, 4.69) is 20.5 Å². The first-order chi connectivity index (χ1) is 12.5. The summed E-state index contributed by atoms with van der Waals surface area (Å²) in [5.41, 5.74) is 0.612. The Morgan fingerprint density at radius 3 is 2.62 bits per heavy atom. The molecule has 26 heavy (non-hydrogen) atoms. The monoisotopic (exact) mass is 357 g/mol. The van der Waals surface area contributed by atoms with Gasteiger partial charge < -0.3 is 4.52 Å². The molecule has 0 N–H and O–H groups in total. The van der Waals surface area contributed by atoms with E-state index in [0.717, 1.165) is 22.9 Å². The number of hydrogen-bond donors (Lipinski definition) is 0. The van der Waals surface area contributed by atoms with E-state index < -0.39 is 17.5 Å². The summed E-state index contributed by atoms with van der Waals surface area (Å²) in [6.45, 7) is 1.59. The predicted octanol–water partition coefficient (Wildman–Crippen LogP) is 3.71. The highest BCUT2D eigenvalue weighted by molar-refractivity contribution is 5.59. The lowest BCUT2D eigenvalue weighted by molar-refractivity contribution is 0.430. The van der Waals surface area contributed by atoms with Crippen LogP contribution in [0.25, 0.3) is 28.7 Å². The fourth-order valence-electron chi connectivity index (χ4n) is 2.48. The van der Waals surface area contributed by atoms with Crippen LogP contribution in [0.1, 0.15) is 5.69 Å². The third kappa shape index (κ3) is 2.63. The molecule has 0 saturated carbocycles. The molecule has 9 heteroatoms. The summed E-state index contributed by atoms with van der Waals surface area (Å²) < 4.78 is 47.5. The van der Waals surface area contributed by atoms with Crippen LogP contribution in [0.4, 0.5) is 13.2 Å². The number of halogens is 3. The van der Waals surface area contributed by atoms with Gasteiger partial charge in [0.25, 0.3) is 5.89 Å². The van der Waals surface area contributed by atoms with Crippen LogP contribution in [0.15, 0.2) is 47.0 Å². The van der Waals surface area contributed by atoms with E-state index in [-0.39, 0.29) is 28.7 Å². The van der Waals surface area contributed by atoms with Gasteiger partial charge in [-0.1, -0.05) is 22.5 Å². The third-order valence-electron chi connectivity index (χ3n) is 3.77. The molecule has 0 spiro atoms. The minimum absolute atomic E-state index is 0.0104. The SMILES string of the molecule is Cc1c(-c2nc(-c3ccccc3F)no2)nnn1-c1cc(F)ccc1F. The quantitative estimate of drug-likeness (QED) is 0.559. The van der Waals surface area contributed by atoms with Crippen molar-refractivity contribution in [2.45, 2.75) is 6.92 Å². The van der Waals surface area contributed by atoms with Crippen LogP contribution in [0, 0.1) is 24.4 Å². The van der Waals surface area contributed by atoms with Crippen LogP contribution in [0.3, 0.4) is 0 Å². The molecule has 0 saturated heterocycles. The first-order valence-electron chi connectivity index (χ1n) is 7.51. The molecule has 0 radical (unpaired) electrons. The standard InChI is InChI=1S/C17H10F3N5O/c1-9-15(22-24-25(9)14-8-10(18)6-7-13(14)20)17-21-16(23-26-17)11-4-2-3-5-12(11)19/h2-8H,1H3. The van der Waals surface area contributed by atoms with E-state index in [4.69, 9.17) is 4.52 Å². The summed E-state index contributed by atoms with van der Waals surface area (Å²) in [5.74, 6) is -1.74. The van der Waals surface area contributed by atoms with E-state index >= 15 is 0 Å². The average molecular weight is 357 g/mol. The molecule has 0 aliphatic rings.